The fraction of sp³-hybridized carbons (Fsp3) is 0.400. The number of anilines is 1. The average Bonchev–Trinajstić information content (AvgIpc) is 3.08. The lowest BCUT2D eigenvalue weighted by Crippen LogP contribution is -2.24. The molecule has 1 fully saturated rings. The Morgan fingerprint density at radius 2 is 2.33 bits per heavy atom. The number of nitro groups is 1. The SMILES string of the molecule is O=C(O)C1(CNc2ncc([N+](=O)[O-])cc2Cl)CC1. The average molecular weight is 272 g/mol. The highest BCUT2D eigenvalue weighted by molar-refractivity contribution is 6.33. The molecule has 96 valence electrons. The number of halogens is 1. The summed E-state index contributed by atoms with van der Waals surface area (Å²) >= 11 is 5.83. The van der Waals surface area contributed by atoms with Crippen molar-refractivity contribution in [2.75, 3.05) is 11.9 Å². The van der Waals surface area contributed by atoms with Crippen molar-refractivity contribution >= 4 is 29.1 Å². The summed E-state index contributed by atoms with van der Waals surface area (Å²) in [6.07, 6.45) is 2.30. The molecule has 1 aliphatic rings. The molecular weight excluding hydrogens is 262 g/mol. The molecule has 0 aromatic carbocycles. The molecule has 0 aliphatic heterocycles. The number of nitrogens with zero attached hydrogens (tertiary/aromatic N) is 2. The van der Waals surface area contributed by atoms with Gasteiger partial charge in [0.05, 0.1) is 15.4 Å². The van der Waals surface area contributed by atoms with Gasteiger partial charge in [0, 0.05) is 12.6 Å². The zero-order valence-electron chi connectivity index (χ0n) is 9.22. The topological polar surface area (TPSA) is 105 Å². The smallest absolute Gasteiger partial charge is 0.311 e. The number of carboxylic acids is 1. The number of hydrogen-bond acceptors (Lipinski definition) is 5. The number of pyridine rings is 1. The minimum Gasteiger partial charge on any atom is -0.481 e. The van der Waals surface area contributed by atoms with Crippen molar-refractivity contribution < 1.29 is 14.8 Å². The Morgan fingerprint density at radius 3 is 2.78 bits per heavy atom. The zero-order chi connectivity index (χ0) is 13.3. The second-order valence-corrected chi connectivity index (χ2v) is 4.63. The van der Waals surface area contributed by atoms with E-state index in [9.17, 15) is 14.9 Å². The van der Waals surface area contributed by atoms with Crippen LogP contribution in [0.25, 0.3) is 0 Å². The third kappa shape index (κ3) is 2.35. The van der Waals surface area contributed by atoms with E-state index in [1.54, 1.807) is 0 Å². The van der Waals surface area contributed by atoms with Crippen LogP contribution in [0.3, 0.4) is 0 Å². The molecule has 7 nitrogen and oxygen atoms in total. The Balaban J connectivity index is 2.07. The first-order valence-corrected chi connectivity index (χ1v) is 5.60. The van der Waals surface area contributed by atoms with Gasteiger partial charge in [0.1, 0.15) is 12.0 Å². The van der Waals surface area contributed by atoms with E-state index < -0.39 is 16.3 Å². The van der Waals surface area contributed by atoms with E-state index in [0.717, 1.165) is 6.20 Å². The Bertz CT molecular complexity index is 516. The number of carboxylic acid groups (broad SMARTS) is 1. The number of aliphatic carboxylic acids is 1. The monoisotopic (exact) mass is 271 g/mol. The molecule has 0 atom stereocenters. The van der Waals surface area contributed by atoms with Crippen LogP contribution < -0.4 is 5.32 Å². The van der Waals surface area contributed by atoms with Gasteiger partial charge in [0.2, 0.25) is 0 Å². The van der Waals surface area contributed by atoms with Gasteiger partial charge in [-0.05, 0) is 12.8 Å². The summed E-state index contributed by atoms with van der Waals surface area (Å²) in [4.78, 5) is 24.7. The maximum Gasteiger partial charge on any atom is 0.311 e. The molecule has 1 aliphatic carbocycles. The van der Waals surface area contributed by atoms with Crippen LogP contribution >= 0.6 is 11.6 Å². The third-order valence-corrected chi connectivity index (χ3v) is 3.23. The van der Waals surface area contributed by atoms with E-state index >= 15 is 0 Å². The predicted octanol–water partition coefficient (Wildman–Crippen LogP) is 1.92. The Hall–Kier alpha value is -1.89. The predicted molar refractivity (Wildman–Crippen MR) is 63.7 cm³/mol. The van der Waals surface area contributed by atoms with Crippen molar-refractivity contribution in [1.29, 1.82) is 0 Å². The molecule has 8 heteroatoms. The van der Waals surface area contributed by atoms with Crippen molar-refractivity contribution in [2.45, 2.75) is 12.8 Å². The largest absolute Gasteiger partial charge is 0.481 e. The van der Waals surface area contributed by atoms with Crippen LogP contribution in [-0.2, 0) is 4.79 Å². The van der Waals surface area contributed by atoms with Gasteiger partial charge in [0.25, 0.3) is 5.69 Å². The van der Waals surface area contributed by atoms with Gasteiger partial charge < -0.3 is 10.4 Å². The molecular formula is C10H10ClN3O4. The van der Waals surface area contributed by atoms with Gasteiger partial charge in [-0.1, -0.05) is 11.6 Å². The summed E-state index contributed by atoms with van der Waals surface area (Å²) in [5, 5.41) is 22.4. The van der Waals surface area contributed by atoms with E-state index in [4.69, 9.17) is 16.7 Å². The molecule has 0 bridgehead atoms. The summed E-state index contributed by atoms with van der Waals surface area (Å²) in [6, 6.07) is 1.18. The van der Waals surface area contributed by atoms with Crippen molar-refractivity contribution in [2.24, 2.45) is 5.41 Å². The minimum absolute atomic E-state index is 0.102. The molecule has 2 N–H and O–H groups in total. The lowest BCUT2D eigenvalue weighted by Gasteiger charge is -2.12. The van der Waals surface area contributed by atoms with Gasteiger partial charge >= 0.3 is 5.97 Å². The van der Waals surface area contributed by atoms with E-state index in [1.807, 2.05) is 0 Å². The molecule has 1 saturated carbocycles. The van der Waals surface area contributed by atoms with Crippen molar-refractivity contribution in [3.05, 3.63) is 27.4 Å². The van der Waals surface area contributed by atoms with Crippen molar-refractivity contribution in [3.63, 3.8) is 0 Å². The summed E-state index contributed by atoms with van der Waals surface area (Å²) in [6.45, 7) is 0.215. The fourth-order valence-corrected chi connectivity index (χ4v) is 1.76. The normalized spacial score (nSPS) is 16.1. The fourth-order valence-electron chi connectivity index (χ4n) is 1.53. The number of aromatic nitrogens is 1. The van der Waals surface area contributed by atoms with Gasteiger partial charge in [-0.15, -0.1) is 0 Å². The van der Waals surface area contributed by atoms with Crippen LogP contribution in [0.4, 0.5) is 11.5 Å². The van der Waals surface area contributed by atoms with Crippen LogP contribution in [0.15, 0.2) is 12.3 Å². The van der Waals surface area contributed by atoms with E-state index in [2.05, 4.69) is 10.3 Å². The molecule has 1 aromatic heterocycles. The Labute approximate surface area is 107 Å². The molecule has 1 aromatic rings. The summed E-state index contributed by atoms with van der Waals surface area (Å²) < 4.78 is 0. The quantitative estimate of drug-likeness (QED) is 0.626. The highest BCUT2D eigenvalue weighted by atomic mass is 35.5. The first kappa shape index (κ1) is 12.6. The van der Waals surface area contributed by atoms with Gasteiger partial charge in [-0.25, -0.2) is 4.98 Å². The highest BCUT2D eigenvalue weighted by Crippen LogP contribution is 2.46. The molecule has 0 amide bonds. The van der Waals surface area contributed by atoms with Crippen molar-refractivity contribution in [3.8, 4) is 0 Å². The van der Waals surface area contributed by atoms with Gasteiger partial charge in [-0.3, -0.25) is 14.9 Å². The Kier molecular flexibility index (Phi) is 3.08. The third-order valence-electron chi connectivity index (χ3n) is 2.94. The van der Waals surface area contributed by atoms with Crippen LogP contribution in [-0.4, -0.2) is 27.5 Å². The number of hydrogen-bond donors (Lipinski definition) is 2. The first-order chi connectivity index (χ1) is 8.44. The lowest BCUT2D eigenvalue weighted by atomic mass is 10.1. The minimum atomic E-state index is -0.854. The number of rotatable bonds is 5. The molecule has 18 heavy (non-hydrogen) atoms. The summed E-state index contributed by atoms with van der Waals surface area (Å²) in [5.41, 5.74) is -0.947. The lowest BCUT2D eigenvalue weighted by molar-refractivity contribution is -0.385. The van der Waals surface area contributed by atoms with Crippen LogP contribution in [0.1, 0.15) is 12.8 Å². The van der Waals surface area contributed by atoms with Gasteiger partial charge in [-0.2, -0.15) is 0 Å². The number of carbonyl (C=O) groups is 1. The highest BCUT2D eigenvalue weighted by Gasteiger charge is 2.50. The van der Waals surface area contributed by atoms with Gasteiger partial charge in [0.15, 0.2) is 0 Å². The molecule has 0 unspecified atom stereocenters. The molecule has 2 rings (SSSR count). The molecule has 1 heterocycles. The first-order valence-electron chi connectivity index (χ1n) is 5.22. The van der Waals surface area contributed by atoms with Crippen LogP contribution in [0.2, 0.25) is 5.02 Å². The Morgan fingerprint density at radius 1 is 1.67 bits per heavy atom. The molecule has 0 radical (unpaired) electrons. The van der Waals surface area contributed by atoms with E-state index in [0.29, 0.717) is 12.8 Å². The summed E-state index contributed by atoms with van der Waals surface area (Å²) in [5.74, 6) is -0.595. The van der Waals surface area contributed by atoms with Crippen LogP contribution in [0, 0.1) is 15.5 Å². The second kappa shape index (κ2) is 4.41. The maximum absolute atomic E-state index is 11.0. The summed E-state index contributed by atoms with van der Waals surface area (Å²) in [7, 11) is 0. The van der Waals surface area contributed by atoms with E-state index in [1.165, 1.54) is 6.07 Å². The molecule has 0 saturated heterocycles. The second-order valence-electron chi connectivity index (χ2n) is 4.22. The van der Waals surface area contributed by atoms with Crippen LogP contribution in [0.5, 0.6) is 0 Å². The van der Waals surface area contributed by atoms with Crippen molar-refractivity contribution in [1.82, 2.24) is 4.98 Å². The zero-order valence-corrected chi connectivity index (χ0v) is 9.98. The van der Waals surface area contributed by atoms with E-state index in [-0.39, 0.29) is 23.1 Å². The standard InChI is InChI=1S/C10H10ClN3O4/c11-7-3-6(14(17)18)4-12-8(7)13-5-10(1-2-10)9(15)16/h3-4H,1-2,5H2,(H,12,13)(H,15,16). The number of nitrogens with one attached hydrogen (secondary N) is 1. The maximum atomic E-state index is 11.0. The molecule has 0 spiro atoms.